The molecule has 0 spiro atoms. The van der Waals surface area contributed by atoms with E-state index in [-0.39, 0.29) is 37.9 Å². The van der Waals surface area contributed by atoms with Crippen LogP contribution in [0.2, 0.25) is 0 Å². The fourth-order valence-corrected chi connectivity index (χ4v) is 7.83. The highest BCUT2D eigenvalue weighted by Gasteiger charge is 2.29. The molecule has 0 aliphatic heterocycles. The number of benzene rings is 4. The zero-order valence-electron chi connectivity index (χ0n) is 35.3. The van der Waals surface area contributed by atoms with Crippen molar-refractivity contribution in [2.75, 3.05) is 18.9 Å². The van der Waals surface area contributed by atoms with Crippen molar-refractivity contribution in [2.45, 2.75) is 72.9 Å². The van der Waals surface area contributed by atoms with Gasteiger partial charge in [0.1, 0.15) is 37.3 Å². The fraction of sp³-hybridized carbons (Fsp3) is 0.350. The molecule has 2 amide bonds. The standard InChI is InChI=1S/C18H22NO5P.C10H17N2O2P.C9H13NO5P2.C3H9N/c1-15(2)23-25(21,24-17-11-7-4-8-12-17)14-19-18(20)22-13-16-9-5-3-6-10-16;1-9(2)12-15(13,8-11)14-10-6-4-3-5-7-10;11-9(10-7-17(12,13)15-16)14-6-8-4-2-1-3-5-8;1-3(2)4/h3-12,15H,13-14H2,1-2H3,(H,19,20);3-7,9H,8,11H2,1-2H3,(H,12,13);1-5H,6-7,16H2,(H,10,11)(H,12,13);3H,4H2,1-2H3. The van der Waals surface area contributed by atoms with Crippen LogP contribution in [0.25, 0.3) is 0 Å². The van der Waals surface area contributed by atoms with E-state index < -0.39 is 41.2 Å². The number of hydrogen-bond acceptors (Lipinski definition) is 13. The molecule has 0 aliphatic rings. The summed E-state index contributed by atoms with van der Waals surface area (Å²) in [6, 6.07) is 36.5. The maximum absolute atomic E-state index is 12.9. The van der Waals surface area contributed by atoms with Gasteiger partial charge in [0.2, 0.25) is 0 Å². The minimum atomic E-state index is -3.77. The van der Waals surface area contributed by atoms with Gasteiger partial charge in [-0.2, -0.15) is 0 Å². The molecule has 0 saturated carbocycles. The lowest BCUT2D eigenvalue weighted by atomic mass is 10.2. The summed E-state index contributed by atoms with van der Waals surface area (Å²) >= 11 is 0. The van der Waals surface area contributed by atoms with Crippen LogP contribution in [0.3, 0.4) is 0 Å². The SMILES string of the molecule is CC(C)N.CC(C)NP(=O)(CN)Oc1ccccc1.CC(C)OP(=O)(CNC(=O)OCc1ccccc1)Oc1ccccc1.O=C(NCP(=O)(O)OP)OCc1ccccc1. The number of amides is 2. The number of nitrogens with two attached hydrogens (primary N) is 2. The molecule has 0 saturated heterocycles. The van der Waals surface area contributed by atoms with Crippen molar-refractivity contribution in [1.29, 1.82) is 0 Å². The number of carbonyl (C=O) groups is 2. The van der Waals surface area contributed by atoms with Crippen molar-refractivity contribution in [1.82, 2.24) is 15.7 Å². The first-order chi connectivity index (χ1) is 28.8. The van der Waals surface area contributed by atoms with E-state index in [9.17, 15) is 23.3 Å². The third kappa shape index (κ3) is 28.2. The monoisotopic (exact) mass is 927 g/mol. The van der Waals surface area contributed by atoms with Gasteiger partial charge in [-0.25, -0.2) is 19.2 Å². The molecule has 0 aliphatic carbocycles. The second-order valence-electron chi connectivity index (χ2n) is 13.5. The molecule has 8 N–H and O–H groups in total. The van der Waals surface area contributed by atoms with Gasteiger partial charge >= 0.3 is 34.9 Å². The maximum atomic E-state index is 12.9. The number of ether oxygens (including phenoxy) is 2. The Morgan fingerprint density at radius 3 is 1.39 bits per heavy atom. The average molecular weight is 928 g/mol. The van der Waals surface area contributed by atoms with E-state index in [2.05, 4.69) is 20.0 Å². The van der Waals surface area contributed by atoms with Crippen molar-refractivity contribution in [3.63, 3.8) is 0 Å². The van der Waals surface area contributed by atoms with Crippen LogP contribution in [0.5, 0.6) is 11.5 Å². The van der Waals surface area contributed by atoms with E-state index >= 15 is 0 Å². The zero-order chi connectivity index (χ0) is 45.7. The lowest BCUT2D eigenvalue weighted by Crippen LogP contribution is -2.27. The summed E-state index contributed by atoms with van der Waals surface area (Å²) in [4.78, 5) is 32.0. The lowest BCUT2D eigenvalue weighted by Gasteiger charge is -2.21. The lowest BCUT2D eigenvalue weighted by molar-refractivity contribution is 0.139. The summed E-state index contributed by atoms with van der Waals surface area (Å²) in [5, 5.41) is 7.44. The summed E-state index contributed by atoms with van der Waals surface area (Å²) in [6.07, 6.45) is -2.58. The molecular formula is C40H61N5O12P4. The first-order valence-electron chi connectivity index (χ1n) is 19.0. The second-order valence-corrected chi connectivity index (χ2v) is 20.0. The maximum Gasteiger partial charge on any atom is 0.408 e. The third-order valence-electron chi connectivity index (χ3n) is 6.48. The number of nitrogens with one attached hydrogen (secondary N) is 3. The van der Waals surface area contributed by atoms with Crippen molar-refractivity contribution in [3.8, 4) is 11.5 Å². The Hall–Kier alpha value is -4.10. The van der Waals surface area contributed by atoms with Crippen LogP contribution in [-0.2, 0) is 45.2 Å². The largest absolute Gasteiger partial charge is 0.445 e. The second kappa shape index (κ2) is 30.0. The van der Waals surface area contributed by atoms with Crippen LogP contribution in [-0.4, -0.2) is 54.1 Å². The Bertz CT molecular complexity index is 1930. The quantitative estimate of drug-likeness (QED) is 0.0510. The highest BCUT2D eigenvalue weighted by Crippen LogP contribution is 2.48. The fourth-order valence-electron chi connectivity index (χ4n) is 4.13. The van der Waals surface area contributed by atoms with Gasteiger partial charge in [-0.3, -0.25) is 18.0 Å². The highest BCUT2D eigenvalue weighted by atomic mass is 31.2. The molecule has 4 unspecified atom stereocenters. The van der Waals surface area contributed by atoms with Crippen molar-refractivity contribution in [3.05, 3.63) is 132 Å². The molecular weight excluding hydrogens is 866 g/mol. The van der Waals surface area contributed by atoms with Crippen molar-refractivity contribution < 1.29 is 55.5 Å². The Morgan fingerprint density at radius 2 is 1.03 bits per heavy atom. The van der Waals surface area contributed by atoms with Gasteiger partial charge in [0.05, 0.1) is 12.4 Å². The van der Waals surface area contributed by atoms with E-state index in [0.29, 0.717) is 17.5 Å². The van der Waals surface area contributed by atoms with Gasteiger partial charge in [0.15, 0.2) is 0 Å². The minimum absolute atomic E-state index is 0.0138. The van der Waals surface area contributed by atoms with Gasteiger partial charge in [0.25, 0.3) is 0 Å². The molecule has 4 atom stereocenters. The third-order valence-corrected chi connectivity index (χ3v) is 12.0. The molecule has 0 fully saturated rings. The summed E-state index contributed by atoms with van der Waals surface area (Å²) in [6.45, 7) is 11.4. The topological polar surface area (TPSA) is 249 Å². The van der Waals surface area contributed by atoms with E-state index in [1.807, 2.05) is 100 Å². The molecule has 4 aromatic carbocycles. The summed E-state index contributed by atoms with van der Waals surface area (Å²) in [7, 11) is -8.61. The first kappa shape index (κ1) is 54.9. The number of alkyl carbamates (subject to hydrolysis) is 2. The summed E-state index contributed by atoms with van der Waals surface area (Å²) in [5.41, 5.74) is 12.3. The van der Waals surface area contributed by atoms with Crippen molar-refractivity contribution in [2.24, 2.45) is 11.5 Å². The highest BCUT2D eigenvalue weighted by molar-refractivity contribution is 7.57. The predicted molar refractivity (Wildman–Crippen MR) is 242 cm³/mol. The number of carbonyl (C=O) groups excluding carboxylic acids is 2. The molecule has 338 valence electrons. The van der Waals surface area contributed by atoms with Gasteiger partial charge in [-0.1, -0.05) is 111 Å². The van der Waals surface area contributed by atoms with Gasteiger partial charge in [-0.15, -0.1) is 0 Å². The van der Waals surface area contributed by atoms with Gasteiger partial charge in [-0.05, 0) is 69.1 Å². The molecule has 17 nitrogen and oxygen atoms in total. The molecule has 61 heavy (non-hydrogen) atoms. The molecule has 4 rings (SSSR count). The van der Waals surface area contributed by atoms with Crippen LogP contribution in [0.15, 0.2) is 121 Å². The Kier molecular flexibility index (Phi) is 27.0. The van der Waals surface area contributed by atoms with Crippen molar-refractivity contribution >= 4 is 44.4 Å². The summed E-state index contributed by atoms with van der Waals surface area (Å²) < 4.78 is 66.4. The average Bonchev–Trinajstić information content (AvgIpc) is 3.22. The van der Waals surface area contributed by atoms with E-state index in [4.69, 9.17) is 39.4 Å². The van der Waals surface area contributed by atoms with E-state index in [0.717, 1.165) is 11.1 Å². The molecule has 0 aromatic heterocycles. The smallest absolute Gasteiger partial charge is 0.408 e. The van der Waals surface area contributed by atoms with E-state index in [1.54, 1.807) is 71.8 Å². The van der Waals surface area contributed by atoms with Crippen LogP contribution in [0, 0.1) is 0 Å². The van der Waals surface area contributed by atoms with Gasteiger partial charge < -0.3 is 45.5 Å². The zero-order valence-corrected chi connectivity index (χ0v) is 39.2. The molecule has 4 aromatic rings. The first-order valence-corrected chi connectivity index (χ1v) is 24.7. The van der Waals surface area contributed by atoms with Crippen LogP contribution in [0.4, 0.5) is 9.59 Å². The Morgan fingerprint density at radius 1 is 0.656 bits per heavy atom. The van der Waals surface area contributed by atoms with Gasteiger partial charge in [0, 0.05) is 15.5 Å². The molecule has 0 heterocycles. The number of rotatable bonds is 18. The minimum Gasteiger partial charge on any atom is -0.445 e. The normalized spacial score (nSPS) is 13.5. The van der Waals surface area contributed by atoms with Crippen LogP contribution < -0.4 is 36.2 Å². The molecule has 0 bridgehead atoms. The predicted octanol–water partition coefficient (Wildman–Crippen LogP) is 8.96. The molecule has 21 heteroatoms. The van der Waals surface area contributed by atoms with E-state index in [1.165, 1.54) is 0 Å². The number of para-hydroxylation sites is 2. The van der Waals surface area contributed by atoms with Crippen LogP contribution >= 0.6 is 32.2 Å². The number of hydrogen-bond donors (Lipinski definition) is 6. The molecule has 0 radical (unpaired) electrons. The van der Waals surface area contributed by atoms with Crippen LogP contribution in [0.1, 0.15) is 52.7 Å². The Labute approximate surface area is 361 Å². The summed E-state index contributed by atoms with van der Waals surface area (Å²) in [5.74, 6) is 0.977. The Balaban J connectivity index is 0.000000454.